The molecule has 0 aliphatic heterocycles. The third-order valence-corrected chi connectivity index (χ3v) is 7.74. The average molecular weight is 529 g/mol. The summed E-state index contributed by atoms with van der Waals surface area (Å²) in [5, 5.41) is 19.4. The van der Waals surface area contributed by atoms with Crippen LogP contribution >= 0.6 is 0 Å². The molecule has 0 fully saturated rings. The molecule has 40 heavy (non-hydrogen) atoms. The molecule has 0 aliphatic carbocycles. The van der Waals surface area contributed by atoms with Crippen LogP contribution in [-0.4, -0.2) is 30.8 Å². The molecule has 0 bridgehead atoms. The van der Waals surface area contributed by atoms with Crippen molar-refractivity contribution in [1.29, 1.82) is 0 Å². The number of benzene rings is 4. The monoisotopic (exact) mass is 528 g/mol. The van der Waals surface area contributed by atoms with Crippen LogP contribution in [0, 0.1) is 0 Å². The molecule has 5 nitrogen and oxygen atoms in total. The summed E-state index contributed by atoms with van der Waals surface area (Å²) in [5.74, 6) is 0.822. The lowest BCUT2D eigenvalue weighted by Gasteiger charge is -2.39. The first kappa shape index (κ1) is 25.8. The van der Waals surface area contributed by atoms with Gasteiger partial charge in [0.2, 0.25) is 5.88 Å². The van der Waals surface area contributed by atoms with Gasteiger partial charge in [-0.25, -0.2) is 4.98 Å². The maximum absolute atomic E-state index is 13.0. The summed E-state index contributed by atoms with van der Waals surface area (Å²) in [7, 11) is 3.55. The zero-order valence-corrected chi connectivity index (χ0v) is 22.7. The van der Waals surface area contributed by atoms with Gasteiger partial charge < -0.3 is 19.6 Å². The topological polar surface area (TPSA) is 67.5 Å². The van der Waals surface area contributed by atoms with Crippen LogP contribution in [0.5, 0.6) is 5.88 Å². The number of methoxy groups -OCH3 is 1. The van der Waals surface area contributed by atoms with Crippen LogP contribution in [0.3, 0.4) is 0 Å². The Balaban J connectivity index is 1.64. The van der Waals surface area contributed by atoms with Crippen LogP contribution < -0.4 is 10.1 Å². The molecule has 0 amide bonds. The normalized spacial score (nSPS) is 13.8. The maximum atomic E-state index is 13.0. The lowest BCUT2D eigenvalue weighted by molar-refractivity contribution is 0.0118. The van der Waals surface area contributed by atoms with Crippen molar-refractivity contribution in [2.75, 3.05) is 20.7 Å². The Morgan fingerprint density at radius 2 is 1.68 bits per heavy atom. The molecular formula is C35H32N2O3. The molecular weight excluding hydrogens is 496 g/mol. The highest BCUT2D eigenvalue weighted by Gasteiger charge is 2.43. The van der Waals surface area contributed by atoms with E-state index in [2.05, 4.69) is 47.8 Å². The van der Waals surface area contributed by atoms with E-state index in [4.69, 9.17) is 14.1 Å². The molecule has 5 heteroatoms. The summed E-state index contributed by atoms with van der Waals surface area (Å²) in [6, 6.07) is 36.6. The molecule has 2 heterocycles. The number of fused-ring (bicyclic) bond motifs is 2. The summed E-state index contributed by atoms with van der Waals surface area (Å²) >= 11 is 0. The average Bonchev–Trinajstić information content (AvgIpc) is 3.55. The van der Waals surface area contributed by atoms with E-state index in [-0.39, 0.29) is 0 Å². The van der Waals surface area contributed by atoms with E-state index in [9.17, 15) is 5.11 Å². The van der Waals surface area contributed by atoms with Crippen molar-refractivity contribution < 1.29 is 14.3 Å². The van der Waals surface area contributed by atoms with Gasteiger partial charge in [-0.1, -0.05) is 72.8 Å². The van der Waals surface area contributed by atoms with Crippen molar-refractivity contribution >= 4 is 21.7 Å². The predicted molar refractivity (Wildman–Crippen MR) is 161 cm³/mol. The van der Waals surface area contributed by atoms with Gasteiger partial charge in [-0.2, -0.15) is 0 Å². The van der Waals surface area contributed by atoms with E-state index in [1.54, 1.807) is 13.4 Å². The second-order valence-corrected chi connectivity index (χ2v) is 10.1. The van der Waals surface area contributed by atoms with Gasteiger partial charge >= 0.3 is 0 Å². The first-order valence-electron chi connectivity index (χ1n) is 13.5. The van der Waals surface area contributed by atoms with Crippen molar-refractivity contribution in [1.82, 2.24) is 10.3 Å². The molecule has 200 valence electrons. The number of nitrogens with one attached hydrogen (secondary N) is 1. The zero-order chi connectivity index (χ0) is 27.5. The molecule has 0 spiro atoms. The molecule has 0 saturated heterocycles. The van der Waals surface area contributed by atoms with Crippen molar-refractivity contribution in [3.8, 4) is 17.2 Å². The summed E-state index contributed by atoms with van der Waals surface area (Å²) in [6.07, 6.45) is 2.15. The van der Waals surface area contributed by atoms with E-state index in [0.717, 1.165) is 49.7 Å². The molecule has 2 N–H and O–H groups in total. The Morgan fingerprint density at radius 1 is 0.875 bits per heavy atom. The molecule has 6 aromatic rings. The molecule has 0 unspecified atom stereocenters. The van der Waals surface area contributed by atoms with Gasteiger partial charge in [-0.15, -0.1) is 0 Å². The van der Waals surface area contributed by atoms with E-state index >= 15 is 0 Å². The van der Waals surface area contributed by atoms with E-state index in [1.807, 2.05) is 73.8 Å². The summed E-state index contributed by atoms with van der Waals surface area (Å²) in [4.78, 5) is 4.93. The van der Waals surface area contributed by atoms with Crippen molar-refractivity contribution in [2.45, 2.75) is 17.9 Å². The second-order valence-electron chi connectivity index (χ2n) is 10.1. The minimum absolute atomic E-state index is 0.466. The van der Waals surface area contributed by atoms with Crippen LogP contribution in [0.15, 0.2) is 120 Å². The number of hydrogen-bond acceptors (Lipinski definition) is 5. The summed E-state index contributed by atoms with van der Waals surface area (Å²) in [6.45, 7) is 0.620. The zero-order valence-electron chi connectivity index (χ0n) is 22.7. The van der Waals surface area contributed by atoms with E-state index < -0.39 is 11.5 Å². The quantitative estimate of drug-likeness (QED) is 0.206. The lowest BCUT2D eigenvalue weighted by atomic mass is 9.70. The van der Waals surface area contributed by atoms with Gasteiger partial charge in [-0.05, 0) is 78.3 Å². The van der Waals surface area contributed by atoms with Gasteiger partial charge in [0, 0.05) is 22.4 Å². The highest BCUT2D eigenvalue weighted by Crippen LogP contribution is 2.48. The van der Waals surface area contributed by atoms with Crippen molar-refractivity contribution in [3.05, 3.63) is 132 Å². The lowest BCUT2D eigenvalue weighted by Crippen LogP contribution is -2.37. The number of hydrogen-bond donors (Lipinski definition) is 2. The Bertz CT molecular complexity index is 1740. The minimum atomic E-state index is -1.29. The molecule has 2 atom stereocenters. The fourth-order valence-electron chi connectivity index (χ4n) is 5.85. The fraction of sp³-hybridized carbons (Fsp3) is 0.171. The third-order valence-electron chi connectivity index (χ3n) is 7.74. The van der Waals surface area contributed by atoms with Gasteiger partial charge in [0.05, 0.1) is 18.9 Å². The molecule has 0 radical (unpaired) electrons. The Labute approximate surface area is 234 Å². The first-order chi connectivity index (χ1) is 19.6. The molecule has 0 saturated carbocycles. The SMILES string of the molecule is CNCC[C@@](O)(c1cccc2ccccc12)[C@H](c1ccccc1)c1cc2cc(-c3ccco3)ccc2nc1OC. The van der Waals surface area contributed by atoms with Crippen LogP contribution in [0.1, 0.15) is 29.0 Å². The molecule has 0 aliphatic rings. The second kappa shape index (κ2) is 11.0. The molecule has 2 aromatic heterocycles. The fourth-order valence-corrected chi connectivity index (χ4v) is 5.85. The molecule has 4 aromatic carbocycles. The molecule has 6 rings (SSSR count). The highest BCUT2D eigenvalue weighted by atomic mass is 16.5. The Morgan fingerprint density at radius 3 is 2.45 bits per heavy atom. The largest absolute Gasteiger partial charge is 0.481 e. The number of aromatic nitrogens is 1. The van der Waals surface area contributed by atoms with Crippen LogP contribution in [-0.2, 0) is 5.60 Å². The number of furan rings is 1. The number of ether oxygens (including phenoxy) is 1. The number of pyridine rings is 1. The van der Waals surface area contributed by atoms with E-state index in [0.29, 0.717) is 18.8 Å². The van der Waals surface area contributed by atoms with Crippen molar-refractivity contribution in [2.24, 2.45) is 0 Å². The highest BCUT2D eigenvalue weighted by molar-refractivity contribution is 5.87. The van der Waals surface area contributed by atoms with Gasteiger partial charge in [0.1, 0.15) is 11.4 Å². The third kappa shape index (κ3) is 4.64. The van der Waals surface area contributed by atoms with Gasteiger partial charge in [0.25, 0.3) is 0 Å². The number of rotatable bonds is 9. The predicted octanol–water partition coefficient (Wildman–Crippen LogP) is 7.29. The van der Waals surface area contributed by atoms with Crippen LogP contribution in [0.25, 0.3) is 33.0 Å². The van der Waals surface area contributed by atoms with Gasteiger partial charge in [0.15, 0.2) is 0 Å². The standard InChI is InChI=1S/C35H32N2O3/c1-36-20-19-35(38,30-15-8-13-24-10-6-7-14-28(24)30)33(25-11-4-3-5-12-25)29-23-27-22-26(32-16-9-21-40-32)17-18-31(27)37-34(29)39-2/h3-18,21-23,33,36,38H,19-20H2,1-2H3/t33-,35-/m1/s1. The maximum Gasteiger partial charge on any atom is 0.217 e. The number of nitrogens with zero attached hydrogens (tertiary/aromatic N) is 1. The van der Waals surface area contributed by atoms with E-state index in [1.165, 1.54) is 0 Å². The Kier molecular flexibility index (Phi) is 7.08. The summed E-state index contributed by atoms with van der Waals surface area (Å²) in [5.41, 5.74) is 3.17. The first-order valence-corrected chi connectivity index (χ1v) is 13.5. The minimum Gasteiger partial charge on any atom is -0.481 e. The number of aliphatic hydroxyl groups is 1. The summed E-state index contributed by atoms with van der Waals surface area (Å²) < 4.78 is 11.6. The van der Waals surface area contributed by atoms with Crippen LogP contribution in [0.2, 0.25) is 0 Å². The van der Waals surface area contributed by atoms with Crippen LogP contribution in [0.4, 0.5) is 0 Å². The Hall–Kier alpha value is -4.45. The van der Waals surface area contributed by atoms with Crippen molar-refractivity contribution in [3.63, 3.8) is 0 Å². The smallest absolute Gasteiger partial charge is 0.217 e. The van der Waals surface area contributed by atoms with Gasteiger partial charge in [-0.3, -0.25) is 0 Å².